The largest absolute Gasteiger partial charge is 0.465 e. The van der Waals surface area contributed by atoms with Gasteiger partial charge in [-0.2, -0.15) is 0 Å². The quantitative estimate of drug-likeness (QED) is 0.357. The van der Waals surface area contributed by atoms with Crippen molar-refractivity contribution < 1.29 is 9.53 Å². The number of hydrogen-bond donors (Lipinski definition) is 0. The van der Waals surface area contributed by atoms with Crippen LogP contribution in [0.15, 0.2) is 78.2 Å². The van der Waals surface area contributed by atoms with Crippen molar-refractivity contribution in [1.82, 2.24) is 14.5 Å². The Morgan fingerprint density at radius 2 is 1.82 bits per heavy atom. The molecule has 140 valence electrons. The Morgan fingerprint density at radius 1 is 1.04 bits per heavy atom. The first-order valence-corrected chi connectivity index (χ1v) is 9.87. The molecule has 4 rings (SSSR count). The fourth-order valence-corrected chi connectivity index (χ4v) is 3.95. The number of fused-ring (bicyclic) bond motifs is 1. The number of hydrogen-bond acceptors (Lipinski definition) is 5. The van der Waals surface area contributed by atoms with Crippen LogP contribution in [0.25, 0.3) is 11.0 Å². The lowest BCUT2D eigenvalue weighted by atomic mass is 10.1. The second-order valence-corrected chi connectivity index (χ2v) is 7.25. The lowest BCUT2D eigenvalue weighted by molar-refractivity contribution is 0.0600. The molecule has 0 aliphatic heterocycles. The van der Waals surface area contributed by atoms with Gasteiger partial charge in [0, 0.05) is 11.9 Å². The average Bonchev–Trinajstić information content (AvgIpc) is 3.10. The monoisotopic (exact) mass is 389 g/mol. The number of rotatable bonds is 6. The van der Waals surface area contributed by atoms with Crippen molar-refractivity contribution in [2.45, 2.75) is 17.5 Å². The summed E-state index contributed by atoms with van der Waals surface area (Å²) >= 11 is 1.67. The highest BCUT2D eigenvalue weighted by atomic mass is 32.2. The molecular formula is C22H19N3O2S. The highest BCUT2D eigenvalue weighted by molar-refractivity contribution is 7.98. The van der Waals surface area contributed by atoms with Crippen LogP contribution in [0.5, 0.6) is 0 Å². The van der Waals surface area contributed by atoms with Crippen LogP contribution in [0, 0.1) is 0 Å². The van der Waals surface area contributed by atoms with Crippen molar-refractivity contribution in [1.29, 1.82) is 0 Å². The lowest BCUT2D eigenvalue weighted by Crippen LogP contribution is -2.02. The molecule has 0 aliphatic carbocycles. The summed E-state index contributed by atoms with van der Waals surface area (Å²) in [5, 5.41) is 0.948. The fourth-order valence-electron chi connectivity index (χ4n) is 2.98. The molecule has 4 aromatic rings. The third-order valence-corrected chi connectivity index (χ3v) is 5.49. The number of benzene rings is 2. The van der Waals surface area contributed by atoms with E-state index in [-0.39, 0.29) is 5.97 Å². The molecular weight excluding hydrogens is 370 g/mol. The van der Waals surface area contributed by atoms with E-state index in [1.807, 2.05) is 42.6 Å². The van der Waals surface area contributed by atoms with E-state index >= 15 is 0 Å². The van der Waals surface area contributed by atoms with Gasteiger partial charge in [-0.15, -0.1) is 0 Å². The second kappa shape index (κ2) is 8.27. The molecule has 28 heavy (non-hydrogen) atoms. The molecule has 0 unspecified atom stereocenters. The summed E-state index contributed by atoms with van der Waals surface area (Å²) in [4.78, 5) is 20.6. The van der Waals surface area contributed by atoms with Crippen molar-refractivity contribution in [3.63, 3.8) is 0 Å². The first kappa shape index (κ1) is 18.3. The van der Waals surface area contributed by atoms with Gasteiger partial charge in [-0.25, -0.2) is 9.78 Å². The lowest BCUT2D eigenvalue weighted by Gasteiger charge is -2.09. The molecule has 0 saturated heterocycles. The van der Waals surface area contributed by atoms with E-state index in [1.54, 1.807) is 30.1 Å². The standard InChI is InChI=1S/C22H19N3O2S/c1-27-21(26)18-9-7-17(8-10-18)15-28-22-24-19-11-12-23-13-20(19)25(22)14-16-5-3-2-4-6-16/h2-13H,14-15H2,1H3. The molecule has 6 heteroatoms. The van der Waals surface area contributed by atoms with Crippen molar-refractivity contribution >= 4 is 28.8 Å². The number of esters is 1. The first-order valence-electron chi connectivity index (χ1n) is 8.89. The molecule has 5 nitrogen and oxygen atoms in total. The molecule has 0 N–H and O–H groups in total. The van der Waals surface area contributed by atoms with Crippen LogP contribution >= 0.6 is 11.8 Å². The predicted molar refractivity (Wildman–Crippen MR) is 110 cm³/mol. The number of carbonyl (C=O) groups excluding carboxylic acids is 1. The normalized spacial score (nSPS) is 10.9. The minimum atomic E-state index is -0.323. The first-order chi connectivity index (χ1) is 13.7. The van der Waals surface area contributed by atoms with Gasteiger partial charge in [-0.1, -0.05) is 54.2 Å². The Bertz CT molecular complexity index is 1090. The Balaban J connectivity index is 1.58. The van der Waals surface area contributed by atoms with Crippen LogP contribution in [0.3, 0.4) is 0 Å². The zero-order chi connectivity index (χ0) is 19.3. The van der Waals surface area contributed by atoms with Crippen LogP contribution in [-0.4, -0.2) is 27.6 Å². The van der Waals surface area contributed by atoms with Gasteiger partial charge in [0.15, 0.2) is 5.16 Å². The number of methoxy groups -OCH3 is 1. The van der Waals surface area contributed by atoms with Crippen molar-refractivity contribution in [2.75, 3.05) is 7.11 Å². The summed E-state index contributed by atoms with van der Waals surface area (Å²) in [7, 11) is 1.39. The average molecular weight is 389 g/mol. The molecule has 0 fully saturated rings. The van der Waals surface area contributed by atoms with E-state index in [4.69, 9.17) is 9.72 Å². The number of thioether (sulfide) groups is 1. The van der Waals surface area contributed by atoms with Crippen LogP contribution in [0.2, 0.25) is 0 Å². The minimum absolute atomic E-state index is 0.323. The van der Waals surface area contributed by atoms with Crippen molar-refractivity contribution in [3.8, 4) is 0 Å². The Hall–Kier alpha value is -3.12. The number of pyridine rings is 1. The van der Waals surface area contributed by atoms with Crippen LogP contribution in [0.4, 0.5) is 0 Å². The van der Waals surface area contributed by atoms with Crippen LogP contribution in [-0.2, 0) is 17.0 Å². The van der Waals surface area contributed by atoms with Crippen molar-refractivity contribution in [3.05, 3.63) is 89.7 Å². The minimum Gasteiger partial charge on any atom is -0.465 e. The van der Waals surface area contributed by atoms with Gasteiger partial charge in [0.1, 0.15) is 0 Å². The molecule has 0 bridgehead atoms. The molecule has 0 radical (unpaired) electrons. The number of imidazole rings is 1. The molecule has 2 aromatic carbocycles. The number of carbonyl (C=O) groups is 1. The molecule has 2 heterocycles. The number of ether oxygens (including phenoxy) is 1. The van der Waals surface area contributed by atoms with Crippen LogP contribution < -0.4 is 0 Å². The Labute approximate surface area is 167 Å². The third kappa shape index (κ3) is 3.92. The molecule has 0 aliphatic rings. The fraction of sp³-hybridized carbons (Fsp3) is 0.136. The summed E-state index contributed by atoms with van der Waals surface area (Å²) < 4.78 is 6.95. The maximum atomic E-state index is 11.6. The SMILES string of the molecule is COC(=O)c1ccc(CSc2nc3ccncc3n2Cc2ccccc2)cc1. The Morgan fingerprint density at radius 3 is 2.57 bits per heavy atom. The summed E-state index contributed by atoms with van der Waals surface area (Å²) in [5.74, 6) is 0.434. The summed E-state index contributed by atoms with van der Waals surface area (Å²) in [6, 6.07) is 19.7. The van der Waals surface area contributed by atoms with Gasteiger partial charge in [0.25, 0.3) is 0 Å². The van der Waals surface area contributed by atoms with Crippen molar-refractivity contribution in [2.24, 2.45) is 0 Å². The maximum absolute atomic E-state index is 11.6. The van der Waals surface area contributed by atoms with E-state index in [9.17, 15) is 4.79 Å². The predicted octanol–water partition coefficient (Wildman–Crippen LogP) is 4.56. The van der Waals surface area contributed by atoms with Gasteiger partial charge in [-0.05, 0) is 29.3 Å². The highest BCUT2D eigenvalue weighted by Gasteiger charge is 2.12. The molecule has 0 amide bonds. The van der Waals surface area contributed by atoms with E-state index in [0.29, 0.717) is 5.56 Å². The van der Waals surface area contributed by atoms with E-state index in [2.05, 4.69) is 21.7 Å². The van der Waals surface area contributed by atoms with Gasteiger partial charge >= 0.3 is 5.97 Å². The van der Waals surface area contributed by atoms with Gasteiger partial charge in [0.2, 0.25) is 0 Å². The summed E-state index contributed by atoms with van der Waals surface area (Å²) in [6.45, 7) is 0.743. The zero-order valence-corrected chi connectivity index (χ0v) is 16.2. The molecule has 0 saturated carbocycles. The third-order valence-electron chi connectivity index (χ3n) is 4.44. The molecule has 0 spiro atoms. The molecule has 0 atom stereocenters. The van der Waals surface area contributed by atoms with Gasteiger partial charge < -0.3 is 9.30 Å². The van der Waals surface area contributed by atoms with Crippen LogP contribution in [0.1, 0.15) is 21.5 Å². The zero-order valence-electron chi connectivity index (χ0n) is 15.4. The smallest absolute Gasteiger partial charge is 0.337 e. The second-order valence-electron chi connectivity index (χ2n) is 6.31. The van der Waals surface area contributed by atoms with E-state index in [1.165, 1.54) is 12.7 Å². The van der Waals surface area contributed by atoms with E-state index < -0.39 is 0 Å². The number of aromatic nitrogens is 3. The Kier molecular flexibility index (Phi) is 5.39. The maximum Gasteiger partial charge on any atom is 0.337 e. The summed E-state index contributed by atoms with van der Waals surface area (Å²) in [5.41, 5.74) is 4.85. The molecule has 2 aromatic heterocycles. The van der Waals surface area contributed by atoms with Gasteiger partial charge in [0.05, 0.1) is 36.4 Å². The number of nitrogens with zero attached hydrogens (tertiary/aromatic N) is 3. The van der Waals surface area contributed by atoms with E-state index in [0.717, 1.165) is 34.1 Å². The topological polar surface area (TPSA) is 57.0 Å². The summed E-state index contributed by atoms with van der Waals surface area (Å²) in [6.07, 6.45) is 3.63. The van der Waals surface area contributed by atoms with Gasteiger partial charge in [-0.3, -0.25) is 4.98 Å². The highest BCUT2D eigenvalue weighted by Crippen LogP contribution is 2.27.